The maximum atomic E-state index is 14.1. The quantitative estimate of drug-likeness (QED) is 0.868. The van der Waals surface area contributed by atoms with Gasteiger partial charge in [-0.1, -0.05) is 12.1 Å². The lowest BCUT2D eigenvalue weighted by Gasteiger charge is -2.32. The second-order valence-corrected chi connectivity index (χ2v) is 6.69. The summed E-state index contributed by atoms with van der Waals surface area (Å²) in [6.07, 6.45) is 1.72. The van der Waals surface area contributed by atoms with Crippen LogP contribution in [0.1, 0.15) is 38.8 Å². The molecule has 0 bridgehead atoms. The molecule has 6 heteroatoms. The summed E-state index contributed by atoms with van der Waals surface area (Å²) in [5.74, 6) is -0.436. The maximum absolute atomic E-state index is 14.1. The van der Waals surface area contributed by atoms with Crippen LogP contribution < -0.4 is 5.32 Å². The second kappa shape index (κ2) is 6.44. The Bertz CT molecular complexity index is 649. The Balaban J connectivity index is 2.35. The molecule has 0 aromatic heterocycles. The molecule has 1 heterocycles. The molecule has 1 aliphatic heterocycles. The maximum Gasteiger partial charge on any atom is 0.491 e. The SMILES string of the molecule is CNCC(=Cc1ccc(C#N)cc1F)B1OC(C)(C)C(C)(C)O1. The first-order valence-corrected chi connectivity index (χ1v) is 7.60. The first-order chi connectivity index (χ1) is 10.7. The Kier molecular flexibility index (Phi) is 4.95. The molecule has 0 aliphatic carbocycles. The highest BCUT2D eigenvalue weighted by atomic mass is 19.1. The number of likely N-dealkylation sites (N-methyl/N-ethyl adjacent to an activating group) is 1. The number of halogens is 1. The summed E-state index contributed by atoms with van der Waals surface area (Å²) >= 11 is 0. The molecule has 1 N–H and O–H groups in total. The van der Waals surface area contributed by atoms with Crippen LogP contribution >= 0.6 is 0 Å². The summed E-state index contributed by atoms with van der Waals surface area (Å²) in [7, 11) is 1.27. The van der Waals surface area contributed by atoms with Crippen LogP contribution in [-0.4, -0.2) is 31.9 Å². The number of nitrogens with zero attached hydrogens (tertiary/aromatic N) is 1. The Morgan fingerprint density at radius 1 is 1.30 bits per heavy atom. The van der Waals surface area contributed by atoms with Crippen molar-refractivity contribution < 1.29 is 13.7 Å². The van der Waals surface area contributed by atoms with Crippen molar-refractivity contribution in [1.82, 2.24) is 5.32 Å². The van der Waals surface area contributed by atoms with Gasteiger partial charge in [0, 0.05) is 12.1 Å². The van der Waals surface area contributed by atoms with Crippen molar-refractivity contribution in [3.8, 4) is 6.07 Å². The molecule has 1 aromatic rings. The lowest BCUT2D eigenvalue weighted by atomic mass is 9.77. The number of nitriles is 1. The van der Waals surface area contributed by atoms with E-state index in [0.29, 0.717) is 17.7 Å². The fourth-order valence-corrected chi connectivity index (χ4v) is 2.31. The fourth-order valence-electron chi connectivity index (χ4n) is 2.31. The number of rotatable bonds is 4. The minimum Gasteiger partial charge on any atom is -0.400 e. The van der Waals surface area contributed by atoms with E-state index < -0.39 is 24.1 Å². The van der Waals surface area contributed by atoms with Gasteiger partial charge >= 0.3 is 7.12 Å². The topological polar surface area (TPSA) is 54.3 Å². The van der Waals surface area contributed by atoms with Gasteiger partial charge in [0.2, 0.25) is 0 Å². The molecule has 0 unspecified atom stereocenters. The molecule has 0 spiro atoms. The molecule has 2 rings (SSSR count). The zero-order chi connectivity index (χ0) is 17.3. The van der Waals surface area contributed by atoms with Crippen molar-refractivity contribution in [3.05, 3.63) is 40.6 Å². The first-order valence-electron chi connectivity index (χ1n) is 7.60. The monoisotopic (exact) mass is 316 g/mol. The smallest absolute Gasteiger partial charge is 0.400 e. The molecule has 0 atom stereocenters. The molecule has 23 heavy (non-hydrogen) atoms. The summed E-state index contributed by atoms with van der Waals surface area (Å²) in [5, 5.41) is 11.9. The van der Waals surface area contributed by atoms with Crippen molar-refractivity contribution in [2.75, 3.05) is 13.6 Å². The zero-order valence-electron chi connectivity index (χ0n) is 14.2. The van der Waals surface area contributed by atoms with Crippen LogP contribution in [0.25, 0.3) is 6.08 Å². The Labute approximate surface area is 137 Å². The predicted octanol–water partition coefficient (Wildman–Crippen LogP) is 2.93. The van der Waals surface area contributed by atoms with E-state index in [1.165, 1.54) is 6.07 Å². The highest BCUT2D eigenvalue weighted by molar-refractivity contribution is 6.55. The highest BCUT2D eigenvalue weighted by Gasteiger charge is 2.52. The molecule has 0 radical (unpaired) electrons. The van der Waals surface area contributed by atoms with E-state index >= 15 is 0 Å². The molecule has 1 saturated heterocycles. The third-order valence-electron chi connectivity index (χ3n) is 4.41. The van der Waals surface area contributed by atoms with Crippen LogP contribution in [0.2, 0.25) is 0 Å². The normalized spacial score (nSPS) is 19.7. The van der Waals surface area contributed by atoms with E-state index in [-0.39, 0.29) is 0 Å². The van der Waals surface area contributed by atoms with Gasteiger partial charge in [-0.15, -0.1) is 0 Å². The average molecular weight is 316 g/mol. The fraction of sp³-hybridized carbons (Fsp3) is 0.471. The van der Waals surface area contributed by atoms with Crippen LogP contribution in [0.5, 0.6) is 0 Å². The van der Waals surface area contributed by atoms with E-state index in [4.69, 9.17) is 14.6 Å². The van der Waals surface area contributed by atoms with E-state index in [2.05, 4.69) is 5.32 Å². The van der Waals surface area contributed by atoms with Crippen molar-refractivity contribution >= 4 is 13.2 Å². The molecule has 0 amide bonds. The highest BCUT2D eigenvalue weighted by Crippen LogP contribution is 2.38. The standard InChI is InChI=1S/C17H22BFN2O2/c1-16(2)17(3,4)23-18(22-16)14(11-21-5)9-13-7-6-12(10-20)8-15(13)19/h6-9,21H,11H2,1-5H3. The van der Waals surface area contributed by atoms with E-state index in [1.54, 1.807) is 18.2 Å². The van der Waals surface area contributed by atoms with Crippen LogP contribution in [-0.2, 0) is 9.31 Å². The summed E-state index contributed by atoms with van der Waals surface area (Å²) in [6.45, 7) is 8.42. The molecule has 4 nitrogen and oxygen atoms in total. The van der Waals surface area contributed by atoms with Gasteiger partial charge in [-0.2, -0.15) is 5.26 Å². The van der Waals surface area contributed by atoms with Crippen LogP contribution in [0.15, 0.2) is 23.7 Å². The van der Waals surface area contributed by atoms with Gasteiger partial charge in [0.25, 0.3) is 0 Å². The lowest BCUT2D eigenvalue weighted by molar-refractivity contribution is 0.00578. The third-order valence-corrected chi connectivity index (χ3v) is 4.41. The Morgan fingerprint density at radius 3 is 2.39 bits per heavy atom. The third kappa shape index (κ3) is 3.64. The molecular formula is C17H22BFN2O2. The van der Waals surface area contributed by atoms with Crippen LogP contribution in [0.4, 0.5) is 4.39 Å². The summed E-state index contributed by atoms with van der Waals surface area (Å²) in [6, 6.07) is 6.34. The molecular weight excluding hydrogens is 294 g/mol. The first kappa shape index (κ1) is 17.7. The number of nitrogens with one attached hydrogen (secondary N) is 1. The zero-order valence-corrected chi connectivity index (χ0v) is 14.2. The molecule has 122 valence electrons. The number of hydrogen-bond donors (Lipinski definition) is 1. The van der Waals surface area contributed by atoms with Gasteiger partial charge in [0.05, 0.1) is 22.8 Å². The Morgan fingerprint density at radius 2 is 1.91 bits per heavy atom. The summed E-state index contributed by atoms with van der Waals surface area (Å²) in [5.41, 5.74) is 0.602. The largest absolute Gasteiger partial charge is 0.491 e. The van der Waals surface area contributed by atoms with Gasteiger partial charge < -0.3 is 14.6 Å². The summed E-state index contributed by atoms with van der Waals surface area (Å²) < 4.78 is 26.2. The van der Waals surface area contributed by atoms with Crippen LogP contribution in [0.3, 0.4) is 0 Å². The van der Waals surface area contributed by atoms with Gasteiger partial charge in [0.15, 0.2) is 0 Å². The molecule has 1 aromatic carbocycles. The predicted molar refractivity (Wildman–Crippen MR) is 89.1 cm³/mol. The number of hydrogen-bond acceptors (Lipinski definition) is 4. The summed E-state index contributed by atoms with van der Waals surface area (Å²) in [4.78, 5) is 0. The van der Waals surface area contributed by atoms with Gasteiger partial charge in [0.1, 0.15) is 5.82 Å². The minimum absolute atomic E-state index is 0.297. The minimum atomic E-state index is -0.539. The van der Waals surface area contributed by atoms with E-state index in [0.717, 1.165) is 5.47 Å². The van der Waals surface area contributed by atoms with Gasteiger partial charge in [-0.25, -0.2) is 4.39 Å². The molecule has 1 fully saturated rings. The Hall–Kier alpha value is -1.68. The lowest BCUT2D eigenvalue weighted by Crippen LogP contribution is -2.41. The van der Waals surface area contributed by atoms with Crippen molar-refractivity contribution in [2.24, 2.45) is 0 Å². The molecule has 0 saturated carbocycles. The van der Waals surface area contributed by atoms with Crippen molar-refractivity contribution in [3.63, 3.8) is 0 Å². The average Bonchev–Trinajstić information content (AvgIpc) is 2.68. The van der Waals surface area contributed by atoms with Crippen molar-refractivity contribution in [1.29, 1.82) is 5.26 Å². The van der Waals surface area contributed by atoms with Crippen molar-refractivity contribution in [2.45, 2.75) is 38.9 Å². The number of benzene rings is 1. The van der Waals surface area contributed by atoms with Gasteiger partial charge in [-0.3, -0.25) is 0 Å². The van der Waals surface area contributed by atoms with E-state index in [1.807, 2.05) is 40.8 Å². The van der Waals surface area contributed by atoms with Crippen LogP contribution in [0, 0.1) is 17.1 Å². The van der Waals surface area contributed by atoms with Gasteiger partial charge in [-0.05, 0) is 52.3 Å². The molecule has 1 aliphatic rings. The second-order valence-electron chi connectivity index (χ2n) is 6.69. The van der Waals surface area contributed by atoms with E-state index in [9.17, 15) is 4.39 Å².